The van der Waals surface area contributed by atoms with E-state index < -0.39 is 34.0 Å². The monoisotopic (exact) mass is 415 g/mol. The third-order valence-corrected chi connectivity index (χ3v) is 5.79. The molecule has 2 N–H and O–H groups in total. The zero-order valence-corrected chi connectivity index (χ0v) is 17.0. The Kier molecular flexibility index (Phi) is 5.69. The molecule has 29 heavy (non-hydrogen) atoms. The van der Waals surface area contributed by atoms with Crippen molar-refractivity contribution in [3.05, 3.63) is 59.7 Å². The highest BCUT2D eigenvalue weighted by atomic mass is 32.2. The maximum absolute atomic E-state index is 12.4. The first-order valence-electron chi connectivity index (χ1n) is 8.96. The lowest BCUT2D eigenvalue weighted by Crippen LogP contribution is -2.34. The van der Waals surface area contributed by atoms with Crippen molar-refractivity contribution in [2.45, 2.75) is 37.8 Å². The van der Waals surface area contributed by atoms with Gasteiger partial charge in [-0.25, -0.2) is 13.2 Å². The Bertz CT molecular complexity index is 1090. The predicted molar refractivity (Wildman–Crippen MR) is 108 cm³/mol. The summed E-state index contributed by atoms with van der Waals surface area (Å²) >= 11 is 0. The summed E-state index contributed by atoms with van der Waals surface area (Å²) in [6.07, 6.45) is -1.04. The quantitative estimate of drug-likeness (QED) is 0.725. The van der Waals surface area contributed by atoms with Crippen LogP contribution < -0.4 is 10.0 Å². The van der Waals surface area contributed by atoms with Gasteiger partial charge in [0.2, 0.25) is 0 Å². The second-order valence-corrected chi connectivity index (χ2v) is 8.29. The lowest BCUT2D eigenvalue weighted by atomic mass is 10.2. The lowest BCUT2D eigenvalue weighted by Gasteiger charge is -2.16. The fraction of sp³-hybridized carbons (Fsp3) is 0.250. The average molecular weight is 415 g/mol. The van der Waals surface area contributed by atoms with Gasteiger partial charge < -0.3 is 10.1 Å². The molecule has 1 amide bonds. The van der Waals surface area contributed by atoms with E-state index in [1.54, 1.807) is 30.3 Å². The fourth-order valence-corrected chi connectivity index (χ4v) is 3.99. The van der Waals surface area contributed by atoms with E-state index >= 15 is 0 Å². The summed E-state index contributed by atoms with van der Waals surface area (Å²) in [5, 5.41) is 2.71. The van der Waals surface area contributed by atoms with Crippen molar-refractivity contribution < 1.29 is 22.7 Å². The van der Waals surface area contributed by atoms with Crippen LogP contribution in [0.3, 0.4) is 0 Å². The standard InChI is InChI=1S/C20H21N3O5S/c1-12-8-4-6-10-16(12)22-19(24)14(3)28-20(25)13(2)21-18-15-9-5-7-11-17(15)29(26,27)23-18/h4-11,13-14H,1-3H3,(H,21,23)(H,22,24)/t13-,14?/m0/s1. The number of nitrogens with one attached hydrogen (secondary N) is 2. The van der Waals surface area contributed by atoms with Gasteiger partial charge in [-0.1, -0.05) is 30.3 Å². The summed E-state index contributed by atoms with van der Waals surface area (Å²) in [6, 6.07) is 12.6. The van der Waals surface area contributed by atoms with Gasteiger partial charge in [-0.2, -0.15) is 0 Å². The number of sulfonamides is 1. The maximum Gasteiger partial charge on any atom is 0.331 e. The second-order valence-electron chi connectivity index (χ2n) is 6.64. The minimum absolute atomic E-state index is 0.0714. The number of aryl methyl sites for hydroxylation is 1. The van der Waals surface area contributed by atoms with E-state index in [9.17, 15) is 18.0 Å². The normalized spacial score (nSPS) is 17.7. The van der Waals surface area contributed by atoms with Crippen LogP contribution in [0.25, 0.3) is 0 Å². The molecular weight excluding hydrogens is 394 g/mol. The number of esters is 1. The number of aliphatic imine (C=N–C) groups is 1. The molecule has 1 aliphatic rings. The van der Waals surface area contributed by atoms with Crippen LogP contribution in [0.2, 0.25) is 0 Å². The van der Waals surface area contributed by atoms with Crippen LogP contribution in [0.4, 0.5) is 5.69 Å². The lowest BCUT2D eigenvalue weighted by molar-refractivity contribution is -0.153. The molecule has 9 heteroatoms. The van der Waals surface area contributed by atoms with Gasteiger partial charge in [-0.05, 0) is 44.5 Å². The number of para-hydroxylation sites is 1. The predicted octanol–water partition coefficient (Wildman–Crippen LogP) is 1.99. The molecule has 2 atom stereocenters. The second kappa shape index (κ2) is 8.04. The highest BCUT2D eigenvalue weighted by molar-refractivity contribution is 7.90. The molecule has 1 heterocycles. The van der Waals surface area contributed by atoms with Crippen molar-refractivity contribution in [1.82, 2.24) is 4.72 Å². The molecule has 8 nitrogen and oxygen atoms in total. The molecule has 0 fully saturated rings. The smallest absolute Gasteiger partial charge is 0.331 e. The molecule has 0 radical (unpaired) electrons. The van der Waals surface area contributed by atoms with Crippen LogP contribution in [-0.4, -0.2) is 38.3 Å². The molecule has 0 spiro atoms. The number of anilines is 1. The van der Waals surface area contributed by atoms with Gasteiger partial charge in [-0.3, -0.25) is 14.5 Å². The van der Waals surface area contributed by atoms with Crippen LogP contribution >= 0.6 is 0 Å². The van der Waals surface area contributed by atoms with E-state index in [2.05, 4.69) is 15.0 Å². The topological polar surface area (TPSA) is 114 Å². The van der Waals surface area contributed by atoms with Crippen molar-refractivity contribution in [3.63, 3.8) is 0 Å². The number of amides is 1. The van der Waals surface area contributed by atoms with E-state index in [1.165, 1.54) is 19.9 Å². The Labute approximate surface area is 169 Å². The van der Waals surface area contributed by atoms with Crippen LogP contribution in [-0.2, 0) is 24.3 Å². The van der Waals surface area contributed by atoms with Crippen molar-refractivity contribution in [3.8, 4) is 0 Å². The van der Waals surface area contributed by atoms with Crippen LogP contribution in [0.5, 0.6) is 0 Å². The summed E-state index contributed by atoms with van der Waals surface area (Å²) in [5.74, 6) is -1.14. The summed E-state index contributed by atoms with van der Waals surface area (Å²) in [4.78, 5) is 28.9. The molecule has 0 saturated heterocycles. The number of hydrogen-bond acceptors (Lipinski definition) is 6. The number of ether oxygens (including phenoxy) is 1. The highest BCUT2D eigenvalue weighted by Gasteiger charge is 2.31. The van der Waals surface area contributed by atoms with Crippen molar-refractivity contribution >= 4 is 33.4 Å². The number of carbonyl (C=O) groups excluding carboxylic acids is 2. The van der Waals surface area contributed by atoms with E-state index in [0.29, 0.717) is 11.3 Å². The molecular formula is C20H21N3O5S. The Morgan fingerprint density at radius 1 is 1.07 bits per heavy atom. The fourth-order valence-electron chi connectivity index (χ4n) is 2.75. The van der Waals surface area contributed by atoms with E-state index in [-0.39, 0.29) is 10.7 Å². The number of amidine groups is 1. The van der Waals surface area contributed by atoms with E-state index in [0.717, 1.165) is 5.56 Å². The summed E-state index contributed by atoms with van der Waals surface area (Å²) in [5.41, 5.74) is 1.90. The van der Waals surface area contributed by atoms with Crippen molar-refractivity contribution in [1.29, 1.82) is 0 Å². The number of hydrogen-bond donors (Lipinski definition) is 2. The molecule has 1 aliphatic heterocycles. The molecule has 0 bridgehead atoms. The highest BCUT2D eigenvalue weighted by Crippen LogP contribution is 2.22. The third-order valence-electron chi connectivity index (χ3n) is 4.39. The maximum atomic E-state index is 12.4. The Morgan fingerprint density at radius 2 is 1.72 bits per heavy atom. The number of nitrogens with zero attached hydrogens (tertiary/aromatic N) is 1. The average Bonchev–Trinajstić information content (AvgIpc) is 2.94. The molecule has 3 rings (SSSR count). The van der Waals surface area contributed by atoms with Gasteiger partial charge in [0.15, 0.2) is 6.10 Å². The van der Waals surface area contributed by atoms with Gasteiger partial charge in [0.05, 0.1) is 4.90 Å². The molecule has 0 aliphatic carbocycles. The number of carbonyl (C=O) groups is 2. The van der Waals surface area contributed by atoms with Gasteiger partial charge >= 0.3 is 5.97 Å². The minimum atomic E-state index is -3.70. The van der Waals surface area contributed by atoms with Gasteiger partial charge in [0.1, 0.15) is 11.9 Å². The van der Waals surface area contributed by atoms with Crippen LogP contribution in [0.15, 0.2) is 58.4 Å². The number of benzene rings is 2. The summed E-state index contributed by atoms with van der Waals surface area (Å²) in [7, 11) is -3.70. The summed E-state index contributed by atoms with van der Waals surface area (Å²) in [6.45, 7) is 4.78. The SMILES string of the molecule is Cc1ccccc1NC(=O)C(C)OC(=O)[C@H](C)N=C1NS(=O)(=O)c2ccccc21. The molecule has 0 saturated carbocycles. The molecule has 0 aromatic heterocycles. The molecule has 2 aromatic carbocycles. The Balaban J connectivity index is 1.67. The number of fused-ring (bicyclic) bond motifs is 1. The zero-order chi connectivity index (χ0) is 21.2. The first-order valence-corrected chi connectivity index (χ1v) is 10.4. The van der Waals surface area contributed by atoms with E-state index in [1.807, 2.05) is 19.1 Å². The Morgan fingerprint density at radius 3 is 2.45 bits per heavy atom. The minimum Gasteiger partial charge on any atom is -0.451 e. The molecule has 2 aromatic rings. The summed E-state index contributed by atoms with van der Waals surface area (Å²) < 4.78 is 31.8. The third kappa shape index (κ3) is 4.45. The van der Waals surface area contributed by atoms with Gasteiger partial charge in [0.25, 0.3) is 15.9 Å². The largest absolute Gasteiger partial charge is 0.451 e. The van der Waals surface area contributed by atoms with Gasteiger partial charge in [-0.15, -0.1) is 0 Å². The molecule has 152 valence electrons. The van der Waals surface area contributed by atoms with E-state index in [4.69, 9.17) is 4.74 Å². The van der Waals surface area contributed by atoms with Crippen molar-refractivity contribution in [2.75, 3.05) is 5.32 Å². The first kappa shape index (κ1) is 20.5. The Hall–Kier alpha value is -3.20. The number of rotatable bonds is 5. The van der Waals surface area contributed by atoms with Gasteiger partial charge in [0, 0.05) is 11.3 Å². The first-order chi connectivity index (χ1) is 13.7. The van der Waals surface area contributed by atoms with Crippen molar-refractivity contribution in [2.24, 2.45) is 4.99 Å². The zero-order valence-electron chi connectivity index (χ0n) is 16.2. The molecule has 1 unspecified atom stereocenters. The van der Waals surface area contributed by atoms with Crippen LogP contribution in [0, 0.1) is 6.92 Å². The van der Waals surface area contributed by atoms with Crippen LogP contribution in [0.1, 0.15) is 25.0 Å².